The number of aliphatic imine (C=N–C) groups is 1. The van der Waals surface area contributed by atoms with Gasteiger partial charge in [-0.3, -0.25) is 0 Å². The molecule has 1 aliphatic heterocycles. The summed E-state index contributed by atoms with van der Waals surface area (Å²) in [7, 11) is 0. The average molecular weight is 317 g/mol. The molecular weight excluding hydrogens is 300 g/mol. The standard InChI is InChI=1S/C18H17F2NO2/c1-3-22-16-9-11(2)7-8-12(16)15-10-23-18(21-15)17-13(19)5-4-6-14(17)20/h4-9,15H,3,10H2,1-2H3. The summed E-state index contributed by atoms with van der Waals surface area (Å²) in [5, 5.41) is 0. The van der Waals surface area contributed by atoms with Crippen molar-refractivity contribution in [2.24, 2.45) is 4.99 Å². The third-order valence-corrected chi connectivity index (χ3v) is 3.66. The van der Waals surface area contributed by atoms with E-state index in [1.165, 1.54) is 18.2 Å². The second-order valence-electron chi connectivity index (χ2n) is 5.33. The minimum absolute atomic E-state index is 0.00590. The molecule has 0 aromatic heterocycles. The van der Waals surface area contributed by atoms with Crippen LogP contribution >= 0.6 is 0 Å². The maximum atomic E-state index is 13.9. The number of halogens is 2. The fourth-order valence-corrected chi connectivity index (χ4v) is 2.57. The van der Waals surface area contributed by atoms with E-state index in [0.717, 1.165) is 16.9 Å². The van der Waals surface area contributed by atoms with Crippen molar-refractivity contribution in [2.75, 3.05) is 13.2 Å². The molecule has 5 heteroatoms. The normalized spacial score (nSPS) is 16.9. The molecule has 3 rings (SSSR count). The Balaban J connectivity index is 1.97. The van der Waals surface area contributed by atoms with E-state index in [0.29, 0.717) is 6.61 Å². The smallest absolute Gasteiger partial charge is 0.222 e. The SMILES string of the molecule is CCOc1cc(C)ccc1C1COC(c2c(F)cccc2F)=N1. The zero-order valence-electron chi connectivity index (χ0n) is 13.0. The first-order valence-electron chi connectivity index (χ1n) is 7.48. The maximum Gasteiger partial charge on any atom is 0.222 e. The van der Waals surface area contributed by atoms with Gasteiger partial charge in [0.25, 0.3) is 0 Å². The predicted octanol–water partition coefficient (Wildman–Crippen LogP) is 4.19. The van der Waals surface area contributed by atoms with Crippen molar-refractivity contribution < 1.29 is 18.3 Å². The van der Waals surface area contributed by atoms with Crippen LogP contribution in [0.2, 0.25) is 0 Å². The molecule has 1 unspecified atom stereocenters. The second-order valence-corrected chi connectivity index (χ2v) is 5.33. The lowest BCUT2D eigenvalue weighted by Gasteiger charge is -2.13. The number of rotatable bonds is 4. The molecule has 0 saturated heterocycles. The van der Waals surface area contributed by atoms with Gasteiger partial charge in [0.2, 0.25) is 5.90 Å². The minimum Gasteiger partial charge on any atom is -0.494 e. The summed E-state index contributed by atoms with van der Waals surface area (Å²) in [6, 6.07) is 9.15. The van der Waals surface area contributed by atoms with Crippen LogP contribution in [0.15, 0.2) is 41.4 Å². The van der Waals surface area contributed by atoms with Crippen molar-refractivity contribution >= 4 is 5.90 Å². The number of aryl methyl sites for hydroxylation is 1. The molecule has 2 aromatic carbocycles. The van der Waals surface area contributed by atoms with Gasteiger partial charge in [0, 0.05) is 5.56 Å². The Morgan fingerprint density at radius 2 is 1.96 bits per heavy atom. The first kappa shape index (κ1) is 15.5. The molecule has 0 aliphatic carbocycles. The van der Waals surface area contributed by atoms with Crippen LogP contribution in [0.5, 0.6) is 5.75 Å². The van der Waals surface area contributed by atoms with Gasteiger partial charge in [0.1, 0.15) is 35.6 Å². The third-order valence-electron chi connectivity index (χ3n) is 3.66. The average Bonchev–Trinajstić information content (AvgIpc) is 2.97. The first-order valence-corrected chi connectivity index (χ1v) is 7.48. The number of hydrogen-bond acceptors (Lipinski definition) is 3. The quantitative estimate of drug-likeness (QED) is 0.846. The Morgan fingerprint density at radius 1 is 1.22 bits per heavy atom. The Hall–Kier alpha value is -2.43. The van der Waals surface area contributed by atoms with E-state index < -0.39 is 11.6 Å². The van der Waals surface area contributed by atoms with Crippen LogP contribution in [-0.2, 0) is 4.74 Å². The van der Waals surface area contributed by atoms with Gasteiger partial charge in [-0.25, -0.2) is 13.8 Å². The zero-order chi connectivity index (χ0) is 16.4. The van der Waals surface area contributed by atoms with Crippen LogP contribution in [0.1, 0.15) is 29.7 Å². The molecule has 1 heterocycles. The van der Waals surface area contributed by atoms with E-state index in [1.807, 2.05) is 32.0 Å². The molecular formula is C18H17F2NO2. The van der Waals surface area contributed by atoms with Gasteiger partial charge < -0.3 is 9.47 Å². The summed E-state index contributed by atoms with van der Waals surface area (Å²) in [5.74, 6) is -0.648. The highest BCUT2D eigenvalue weighted by Crippen LogP contribution is 2.33. The molecule has 0 spiro atoms. The Kier molecular flexibility index (Phi) is 4.28. The highest BCUT2D eigenvalue weighted by Gasteiger charge is 2.27. The van der Waals surface area contributed by atoms with E-state index in [1.54, 1.807) is 0 Å². The molecule has 1 aliphatic rings. The molecule has 0 radical (unpaired) electrons. The summed E-state index contributed by atoms with van der Waals surface area (Å²) in [6.07, 6.45) is 0. The van der Waals surface area contributed by atoms with Gasteiger partial charge in [-0.2, -0.15) is 0 Å². The highest BCUT2D eigenvalue weighted by molar-refractivity contribution is 5.95. The molecule has 0 amide bonds. The van der Waals surface area contributed by atoms with Crippen LogP contribution < -0.4 is 4.74 Å². The largest absolute Gasteiger partial charge is 0.494 e. The van der Waals surface area contributed by atoms with Crippen molar-refractivity contribution in [3.05, 3.63) is 64.7 Å². The van der Waals surface area contributed by atoms with Gasteiger partial charge in [0.15, 0.2) is 0 Å². The van der Waals surface area contributed by atoms with Gasteiger partial charge in [-0.05, 0) is 37.6 Å². The summed E-state index contributed by atoms with van der Waals surface area (Å²) in [5.41, 5.74) is 1.70. The molecule has 0 N–H and O–H groups in total. The number of nitrogens with zero attached hydrogens (tertiary/aromatic N) is 1. The van der Waals surface area contributed by atoms with E-state index in [-0.39, 0.29) is 24.1 Å². The lowest BCUT2D eigenvalue weighted by atomic mass is 10.0. The summed E-state index contributed by atoms with van der Waals surface area (Å²) in [6.45, 7) is 4.64. The van der Waals surface area contributed by atoms with Crippen molar-refractivity contribution in [1.29, 1.82) is 0 Å². The molecule has 1 atom stereocenters. The van der Waals surface area contributed by atoms with E-state index in [4.69, 9.17) is 9.47 Å². The van der Waals surface area contributed by atoms with Crippen LogP contribution in [0.3, 0.4) is 0 Å². The van der Waals surface area contributed by atoms with Gasteiger partial charge >= 0.3 is 0 Å². The topological polar surface area (TPSA) is 30.8 Å². The maximum absolute atomic E-state index is 13.9. The van der Waals surface area contributed by atoms with E-state index in [2.05, 4.69) is 4.99 Å². The molecule has 120 valence electrons. The number of benzene rings is 2. The zero-order valence-corrected chi connectivity index (χ0v) is 13.0. The first-order chi connectivity index (χ1) is 11.1. The Labute approximate surface area is 133 Å². The number of ether oxygens (including phenoxy) is 2. The van der Waals surface area contributed by atoms with Gasteiger partial charge in [-0.15, -0.1) is 0 Å². The van der Waals surface area contributed by atoms with Crippen molar-refractivity contribution in [1.82, 2.24) is 0 Å². The van der Waals surface area contributed by atoms with Crippen LogP contribution in [0.25, 0.3) is 0 Å². The lowest BCUT2D eigenvalue weighted by molar-refractivity contribution is 0.305. The number of hydrogen-bond donors (Lipinski definition) is 0. The van der Waals surface area contributed by atoms with E-state index in [9.17, 15) is 8.78 Å². The molecule has 2 aromatic rings. The van der Waals surface area contributed by atoms with Crippen molar-refractivity contribution in [3.8, 4) is 5.75 Å². The van der Waals surface area contributed by atoms with Gasteiger partial charge in [-0.1, -0.05) is 18.2 Å². The fraction of sp³-hybridized carbons (Fsp3) is 0.278. The third kappa shape index (κ3) is 3.04. The second kappa shape index (κ2) is 6.36. The van der Waals surface area contributed by atoms with Crippen molar-refractivity contribution in [3.63, 3.8) is 0 Å². The molecule has 23 heavy (non-hydrogen) atoms. The Morgan fingerprint density at radius 3 is 2.65 bits per heavy atom. The summed E-state index contributed by atoms with van der Waals surface area (Å²) in [4.78, 5) is 4.36. The molecule has 0 bridgehead atoms. The van der Waals surface area contributed by atoms with Crippen LogP contribution in [0, 0.1) is 18.6 Å². The van der Waals surface area contributed by atoms with Crippen molar-refractivity contribution in [2.45, 2.75) is 19.9 Å². The molecule has 3 nitrogen and oxygen atoms in total. The van der Waals surface area contributed by atoms with E-state index >= 15 is 0 Å². The van der Waals surface area contributed by atoms with Gasteiger partial charge in [0.05, 0.1) is 6.61 Å². The fourth-order valence-electron chi connectivity index (χ4n) is 2.57. The minimum atomic E-state index is -0.682. The monoisotopic (exact) mass is 317 g/mol. The lowest BCUT2D eigenvalue weighted by Crippen LogP contribution is -2.07. The summed E-state index contributed by atoms with van der Waals surface area (Å²) < 4.78 is 38.8. The Bertz CT molecular complexity index is 738. The molecule has 0 fully saturated rings. The molecule has 0 saturated carbocycles. The van der Waals surface area contributed by atoms with Crippen LogP contribution in [-0.4, -0.2) is 19.1 Å². The summed E-state index contributed by atoms with van der Waals surface area (Å²) >= 11 is 0. The predicted molar refractivity (Wildman–Crippen MR) is 83.9 cm³/mol. The van der Waals surface area contributed by atoms with Crippen LogP contribution in [0.4, 0.5) is 8.78 Å². The highest BCUT2D eigenvalue weighted by atomic mass is 19.1.